The number of hydrogen-bond donors (Lipinski definition) is 0. The van der Waals surface area contributed by atoms with Crippen molar-refractivity contribution in [1.29, 1.82) is 0 Å². The van der Waals surface area contributed by atoms with E-state index in [1.54, 1.807) is 11.8 Å². The average Bonchev–Trinajstić information content (AvgIpc) is 3.63. The van der Waals surface area contributed by atoms with E-state index in [0.29, 0.717) is 0 Å². The van der Waals surface area contributed by atoms with E-state index in [9.17, 15) is 9.59 Å². The van der Waals surface area contributed by atoms with Crippen LogP contribution in [0.15, 0.2) is 91.0 Å². The van der Waals surface area contributed by atoms with Crippen molar-refractivity contribution >= 4 is 32.2 Å². The van der Waals surface area contributed by atoms with Gasteiger partial charge in [-0.2, -0.15) is 0 Å². The van der Waals surface area contributed by atoms with Crippen LogP contribution in [0.5, 0.6) is 0 Å². The maximum absolute atomic E-state index is 14.2. The van der Waals surface area contributed by atoms with Crippen LogP contribution < -0.4 is 0 Å². The second-order valence-electron chi connectivity index (χ2n) is 11.7. The molecule has 2 saturated heterocycles. The van der Waals surface area contributed by atoms with Gasteiger partial charge in [0.25, 0.3) is 0 Å². The molecule has 0 radical (unpaired) electrons. The van der Waals surface area contributed by atoms with Crippen molar-refractivity contribution < 1.29 is 14.3 Å². The van der Waals surface area contributed by atoms with Gasteiger partial charge in [0.1, 0.15) is 11.1 Å². The quantitative estimate of drug-likeness (QED) is 0.111. The summed E-state index contributed by atoms with van der Waals surface area (Å²) in [6, 6.07) is 31.5. The third-order valence-electron chi connectivity index (χ3n) is 8.04. The molecule has 0 aliphatic carbocycles. The Labute approximate surface area is 232 Å². The van der Waals surface area contributed by atoms with Gasteiger partial charge in [0, 0.05) is 5.54 Å². The summed E-state index contributed by atoms with van der Waals surface area (Å²) in [5, 5.41) is -1.36. The SMILES string of the molecule is CC1OC1C(=O)C1([SiH](C)C)C(=O)N(C(C)(C)C)C1SC(c1ccccc1)(c1ccccc1)c1ccccc1. The van der Waals surface area contributed by atoms with Crippen molar-refractivity contribution in [2.75, 3.05) is 0 Å². The Morgan fingerprint density at radius 1 is 0.842 bits per heavy atom. The van der Waals surface area contributed by atoms with Gasteiger partial charge in [-0.3, -0.25) is 9.59 Å². The van der Waals surface area contributed by atoms with Crippen LogP contribution in [0.25, 0.3) is 0 Å². The Morgan fingerprint density at radius 3 is 1.55 bits per heavy atom. The van der Waals surface area contributed by atoms with Crippen LogP contribution in [-0.2, 0) is 19.1 Å². The first kappa shape index (κ1) is 26.9. The molecule has 0 saturated carbocycles. The number of likely N-dealkylation sites (tertiary alicyclic amines) is 1. The highest BCUT2D eigenvalue weighted by molar-refractivity contribution is 8.01. The van der Waals surface area contributed by atoms with Crippen molar-refractivity contribution in [1.82, 2.24) is 4.90 Å². The van der Waals surface area contributed by atoms with E-state index >= 15 is 0 Å². The molecule has 3 aromatic carbocycles. The van der Waals surface area contributed by atoms with Gasteiger partial charge in [-0.05, 0) is 44.4 Å². The first-order valence-corrected chi connectivity index (χ1v) is 17.2. The molecule has 1 amide bonds. The largest absolute Gasteiger partial charge is 0.362 e. The Hall–Kier alpha value is -2.67. The molecule has 198 valence electrons. The molecule has 4 unspecified atom stereocenters. The number of amides is 1. The van der Waals surface area contributed by atoms with Crippen molar-refractivity contribution in [3.05, 3.63) is 108 Å². The fourth-order valence-electron chi connectivity index (χ4n) is 5.98. The first-order chi connectivity index (χ1) is 18.1. The molecular formula is C32H37NO3SSi. The highest BCUT2D eigenvalue weighted by Gasteiger charge is 2.73. The summed E-state index contributed by atoms with van der Waals surface area (Å²) in [4.78, 5) is 30.4. The van der Waals surface area contributed by atoms with Gasteiger partial charge in [0.05, 0.1) is 25.0 Å². The number of ketones is 1. The molecule has 4 nitrogen and oxygen atoms in total. The highest BCUT2D eigenvalue weighted by atomic mass is 32.2. The molecule has 0 N–H and O–H groups in total. The Kier molecular flexibility index (Phi) is 6.95. The third kappa shape index (κ3) is 4.09. The molecule has 0 aromatic heterocycles. The lowest BCUT2D eigenvalue weighted by atomic mass is 9.83. The predicted molar refractivity (Wildman–Crippen MR) is 158 cm³/mol. The Morgan fingerprint density at radius 2 is 1.24 bits per heavy atom. The van der Waals surface area contributed by atoms with Crippen LogP contribution in [0.4, 0.5) is 0 Å². The van der Waals surface area contributed by atoms with Crippen LogP contribution in [0.2, 0.25) is 18.1 Å². The zero-order valence-corrected chi connectivity index (χ0v) is 25.0. The molecular weight excluding hydrogens is 507 g/mol. The fraction of sp³-hybridized carbons (Fsp3) is 0.375. The van der Waals surface area contributed by atoms with E-state index in [0.717, 1.165) is 16.7 Å². The van der Waals surface area contributed by atoms with Crippen LogP contribution in [0.1, 0.15) is 44.4 Å². The van der Waals surface area contributed by atoms with Gasteiger partial charge in [-0.1, -0.05) is 104 Å². The zero-order chi connectivity index (χ0) is 27.3. The minimum atomic E-state index is -1.85. The second-order valence-corrected chi connectivity index (χ2v) is 16.3. The second kappa shape index (κ2) is 9.81. The number of carbonyl (C=O) groups is 2. The fourth-order valence-corrected chi connectivity index (χ4v) is 11.2. The lowest BCUT2D eigenvalue weighted by Gasteiger charge is -2.62. The monoisotopic (exact) mass is 543 g/mol. The summed E-state index contributed by atoms with van der Waals surface area (Å²) in [7, 11) is -1.85. The van der Waals surface area contributed by atoms with Crippen molar-refractivity contribution in [2.45, 2.75) is 73.7 Å². The number of nitrogens with zero attached hydrogens (tertiary/aromatic N) is 1. The van der Waals surface area contributed by atoms with E-state index in [4.69, 9.17) is 4.74 Å². The number of rotatable bonds is 8. The maximum atomic E-state index is 14.2. The van der Waals surface area contributed by atoms with Gasteiger partial charge in [0.15, 0.2) is 5.78 Å². The van der Waals surface area contributed by atoms with Crippen LogP contribution in [0.3, 0.4) is 0 Å². The lowest BCUT2D eigenvalue weighted by molar-refractivity contribution is -0.161. The molecule has 2 fully saturated rings. The number of thioether (sulfide) groups is 1. The van der Waals surface area contributed by atoms with Crippen LogP contribution >= 0.6 is 11.8 Å². The van der Waals surface area contributed by atoms with E-state index < -0.39 is 30.2 Å². The third-order valence-corrected chi connectivity index (χ3v) is 12.8. The minimum Gasteiger partial charge on any atom is -0.362 e. The predicted octanol–water partition coefficient (Wildman–Crippen LogP) is 6.26. The Bertz CT molecular complexity index is 1210. The number of ether oxygens (including phenoxy) is 1. The van der Waals surface area contributed by atoms with Gasteiger partial charge in [0.2, 0.25) is 5.91 Å². The summed E-state index contributed by atoms with van der Waals surface area (Å²) < 4.78 is 5.07. The number of hydrogen-bond acceptors (Lipinski definition) is 4. The molecule has 3 aromatic rings. The van der Waals surface area contributed by atoms with Crippen LogP contribution in [-0.4, -0.2) is 48.5 Å². The van der Waals surface area contributed by atoms with Gasteiger partial charge < -0.3 is 9.64 Å². The minimum absolute atomic E-state index is 0.0160. The van der Waals surface area contributed by atoms with E-state index in [1.165, 1.54) is 0 Å². The summed E-state index contributed by atoms with van der Waals surface area (Å²) in [6.07, 6.45) is -0.616. The summed E-state index contributed by atoms with van der Waals surface area (Å²) in [6.45, 7) is 12.4. The lowest BCUT2D eigenvalue weighted by Crippen LogP contribution is -2.75. The first-order valence-electron chi connectivity index (χ1n) is 13.4. The molecule has 2 aliphatic heterocycles. The molecule has 4 atom stereocenters. The van der Waals surface area contributed by atoms with Crippen molar-refractivity contribution in [3.63, 3.8) is 0 Å². The standard InChI is InChI=1S/C32H37NO3SSi/c1-22-26(36-22)27(34)32(38(5)6)28(35)33(30(2,3)4)29(32)37-31(23-16-10-7-11-17-23,24-18-12-8-13-19-24)25-20-14-9-15-21-25/h7-22,26,29,38H,1-6H3. The van der Waals surface area contributed by atoms with Crippen LogP contribution in [0, 0.1) is 0 Å². The maximum Gasteiger partial charge on any atom is 0.237 e. The number of benzene rings is 3. The molecule has 38 heavy (non-hydrogen) atoms. The van der Waals surface area contributed by atoms with E-state index in [2.05, 4.69) is 107 Å². The molecule has 2 aliphatic rings. The zero-order valence-electron chi connectivity index (χ0n) is 23.0. The smallest absolute Gasteiger partial charge is 0.237 e. The Balaban J connectivity index is 1.77. The van der Waals surface area contributed by atoms with E-state index in [1.807, 2.05) is 30.0 Å². The topological polar surface area (TPSA) is 49.9 Å². The molecule has 0 bridgehead atoms. The summed E-state index contributed by atoms with van der Waals surface area (Å²) in [5.41, 5.74) is 2.93. The van der Waals surface area contributed by atoms with Gasteiger partial charge in [-0.15, -0.1) is 11.8 Å². The number of Topliss-reactive ketones (excluding diaryl/α,β-unsaturated/α-hetero) is 1. The average molecular weight is 544 g/mol. The number of epoxide rings is 1. The molecule has 2 heterocycles. The summed E-state index contributed by atoms with van der Waals surface area (Å²) >= 11 is 1.75. The number of carbonyl (C=O) groups excluding carboxylic acids is 2. The molecule has 0 spiro atoms. The summed E-state index contributed by atoms with van der Waals surface area (Å²) in [5.74, 6) is -0.0438. The normalized spacial score (nSPS) is 25.3. The molecule has 5 rings (SSSR count). The van der Waals surface area contributed by atoms with Crippen molar-refractivity contribution in [3.8, 4) is 0 Å². The van der Waals surface area contributed by atoms with E-state index in [-0.39, 0.29) is 23.2 Å². The highest BCUT2D eigenvalue weighted by Crippen LogP contribution is 2.64. The molecule has 6 heteroatoms. The van der Waals surface area contributed by atoms with Gasteiger partial charge in [-0.25, -0.2) is 0 Å². The van der Waals surface area contributed by atoms with Crippen molar-refractivity contribution in [2.24, 2.45) is 0 Å². The van der Waals surface area contributed by atoms with Gasteiger partial charge >= 0.3 is 0 Å². The number of β-lactam (4-membered cyclic amide) rings is 1.